The quantitative estimate of drug-likeness (QED) is 0.435. The highest BCUT2D eigenvalue weighted by atomic mass is 32.1. The summed E-state index contributed by atoms with van der Waals surface area (Å²) in [6, 6.07) is 9.00. The molecule has 1 saturated carbocycles. The van der Waals surface area contributed by atoms with Crippen LogP contribution in [0.15, 0.2) is 48.9 Å². The molecular weight excluding hydrogens is 434 g/mol. The first-order chi connectivity index (χ1) is 15.5. The second kappa shape index (κ2) is 8.34. The molecule has 0 atom stereocenters. The van der Waals surface area contributed by atoms with Crippen molar-refractivity contribution in [2.75, 3.05) is 5.32 Å². The van der Waals surface area contributed by atoms with E-state index in [9.17, 15) is 13.6 Å². The minimum Gasteiger partial charge on any atom is -0.368 e. The van der Waals surface area contributed by atoms with Crippen LogP contribution in [0.3, 0.4) is 0 Å². The van der Waals surface area contributed by atoms with Crippen LogP contribution in [0.25, 0.3) is 16.7 Å². The summed E-state index contributed by atoms with van der Waals surface area (Å²) in [5.41, 5.74) is 1.45. The van der Waals surface area contributed by atoms with E-state index < -0.39 is 6.43 Å². The zero-order valence-electron chi connectivity index (χ0n) is 17.0. The molecule has 10 heteroatoms. The molecule has 0 radical (unpaired) electrons. The largest absolute Gasteiger partial charge is 0.434 e. The van der Waals surface area contributed by atoms with Crippen LogP contribution >= 0.6 is 0 Å². The Balaban J connectivity index is 1.25. The summed E-state index contributed by atoms with van der Waals surface area (Å²) < 4.78 is 29.1. The van der Waals surface area contributed by atoms with Crippen molar-refractivity contribution in [3.63, 3.8) is 0 Å². The van der Waals surface area contributed by atoms with Crippen LogP contribution in [0.2, 0.25) is 0 Å². The molecule has 1 fully saturated rings. The molecule has 0 unspecified atom stereocenters. The number of anilines is 1. The monoisotopic (exact) mass is 455 g/mol. The predicted molar refractivity (Wildman–Crippen MR) is 118 cm³/mol. The molecule has 0 aliphatic heterocycles. The zero-order chi connectivity index (χ0) is 22.2. The normalized spacial score (nSPS) is 19.0. The number of rotatable bonds is 5. The molecule has 4 aromatic heterocycles. The van der Waals surface area contributed by atoms with Crippen molar-refractivity contribution in [2.24, 2.45) is 0 Å². The van der Waals surface area contributed by atoms with Crippen LogP contribution in [-0.2, 0) is 12.4 Å². The fraction of sp³-hybridized carbons (Fsp3) is 0.318. The highest BCUT2D eigenvalue weighted by molar-refractivity contribution is 7.44. The maximum atomic E-state index is 13.0. The molecule has 0 bridgehead atoms. The first-order valence-corrected chi connectivity index (χ1v) is 10.8. The third-order valence-electron chi connectivity index (χ3n) is 6.01. The summed E-state index contributed by atoms with van der Waals surface area (Å²) >= 11 is 5.51. The van der Waals surface area contributed by atoms with Gasteiger partial charge >= 0.3 is 5.91 Å². The van der Waals surface area contributed by atoms with E-state index in [1.807, 2.05) is 12.1 Å². The first-order valence-electron chi connectivity index (χ1n) is 10.5. The molecule has 5 rings (SSSR count). The molecule has 0 saturated heterocycles. The standard InChI is InChI=1S/C22H20F2N6OS/c23-20(24)17-12-29-18(2-1-3-19(29)28-17)27-13-4-6-14(7-5-13)30(32)22(31)16-9-11-26-21-15(16)8-10-25-21/h1-3,8-14,20H,4-7H2,(H-,25,26,27,28,31)/p+1. The first kappa shape index (κ1) is 20.6. The van der Waals surface area contributed by atoms with Gasteiger partial charge in [0.05, 0.1) is 0 Å². The number of alkyl halides is 2. The van der Waals surface area contributed by atoms with E-state index in [4.69, 9.17) is 12.4 Å². The fourth-order valence-corrected chi connectivity index (χ4v) is 4.66. The molecule has 164 valence electrons. The lowest BCUT2D eigenvalue weighted by molar-refractivity contribution is -0.448. The van der Waals surface area contributed by atoms with E-state index in [1.165, 1.54) is 10.1 Å². The van der Waals surface area contributed by atoms with E-state index in [2.05, 4.69) is 20.3 Å². The van der Waals surface area contributed by atoms with Crippen LogP contribution in [-0.4, -0.2) is 41.3 Å². The number of halogens is 2. The number of carbonyl (C=O) groups is 1. The average Bonchev–Trinajstić information content (AvgIpc) is 3.46. The van der Waals surface area contributed by atoms with Crippen molar-refractivity contribution in [1.82, 2.24) is 19.4 Å². The van der Waals surface area contributed by atoms with Gasteiger partial charge in [0.15, 0.2) is 6.04 Å². The van der Waals surface area contributed by atoms with Gasteiger partial charge in [-0.3, -0.25) is 4.40 Å². The van der Waals surface area contributed by atoms with E-state index >= 15 is 0 Å². The Bertz CT molecular complexity index is 1310. The number of imidazole rings is 1. The van der Waals surface area contributed by atoms with Crippen molar-refractivity contribution in [3.8, 4) is 0 Å². The van der Waals surface area contributed by atoms with Crippen molar-refractivity contribution >= 4 is 40.8 Å². The number of pyridine rings is 2. The molecule has 1 amide bonds. The summed E-state index contributed by atoms with van der Waals surface area (Å²) in [5, 5.41) is 4.21. The molecule has 4 aromatic rings. The van der Waals surface area contributed by atoms with Gasteiger partial charge in [-0.15, -0.1) is 0 Å². The fourth-order valence-electron chi connectivity index (χ4n) is 4.35. The molecule has 4 heterocycles. The summed E-state index contributed by atoms with van der Waals surface area (Å²) in [4.78, 5) is 24.2. The zero-order valence-corrected chi connectivity index (χ0v) is 17.9. The number of fused-ring (bicyclic) bond motifs is 2. The highest BCUT2D eigenvalue weighted by Gasteiger charge is 2.35. The van der Waals surface area contributed by atoms with Crippen molar-refractivity contribution in [2.45, 2.75) is 44.2 Å². The van der Waals surface area contributed by atoms with E-state index in [0.29, 0.717) is 16.9 Å². The van der Waals surface area contributed by atoms with Crippen LogP contribution in [0.4, 0.5) is 14.6 Å². The molecule has 7 nitrogen and oxygen atoms in total. The number of aromatic nitrogens is 4. The van der Waals surface area contributed by atoms with Crippen LogP contribution in [0.1, 0.15) is 48.2 Å². The number of carbonyl (C=O) groups excluding carboxylic acids is 1. The van der Waals surface area contributed by atoms with Crippen molar-refractivity contribution in [3.05, 3.63) is 60.2 Å². The minimum atomic E-state index is -2.61. The van der Waals surface area contributed by atoms with Gasteiger partial charge < -0.3 is 10.3 Å². The number of hydrogen-bond donors (Lipinski definition) is 2. The third-order valence-corrected chi connectivity index (χ3v) is 6.47. The van der Waals surface area contributed by atoms with Gasteiger partial charge in [0, 0.05) is 42.9 Å². The van der Waals surface area contributed by atoms with Crippen LogP contribution < -0.4 is 5.32 Å². The lowest BCUT2D eigenvalue weighted by atomic mass is 9.91. The molecular formula is C22H21F2N6OS+. The Morgan fingerprint density at radius 1 is 1.22 bits per heavy atom. The Morgan fingerprint density at radius 3 is 2.81 bits per heavy atom. The number of amides is 1. The van der Waals surface area contributed by atoms with Gasteiger partial charge in [0.25, 0.3) is 18.9 Å². The smallest absolute Gasteiger partial charge is 0.368 e. The lowest BCUT2D eigenvalue weighted by Crippen LogP contribution is -2.37. The van der Waals surface area contributed by atoms with Gasteiger partial charge in [0.2, 0.25) is 0 Å². The van der Waals surface area contributed by atoms with E-state index in [-0.39, 0.29) is 23.7 Å². The van der Waals surface area contributed by atoms with E-state index in [1.54, 1.807) is 35.0 Å². The van der Waals surface area contributed by atoms with Crippen LogP contribution in [0.5, 0.6) is 0 Å². The molecule has 0 aromatic carbocycles. The minimum absolute atomic E-state index is 0.0350. The Kier molecular flexibility index (Phi) is 5.38. The van der Waals surface area contributed by atoms with Crippen LogP contribution in [0, 0.1) is 0 Å². The van der Waals surface area contributed by atoms with Crippen molar-refractivity contribution < 1.29 is 17.5 Å². The summed E-state index contributed by atoms with van der Waals surface area (Å²) in [6.07, 6.45) is 5.26. The van der Waals surface area contributed by atoms with Gasteiger partial charge in [0.1, 0.15) is 28.4 Å². The number of nitrogens with zero attached hydrogens (tertiary/aromatic N) is 4. The Labute approximate surface area is 187 Å². The van der Waals surface area contributed by atoms with Gasteiger partial charge in [-0.1, -0.05) is 10.0 Å². The summed E-state index contributed by atoms with van der Waals surface area (Å²) in [7, 11) is 0. The predicted octanol–water partition coefficient (Wildman–Crippen LogP) is 4.45. The molecule has 32 heavy (non-hydrogen) atoms. The maximum Gasteiger partial charge on any atom is 0.434 e. The van der Waals surface area contributed by atoms with Gasteiger partial charge in [-0.2, -0.15) is 0 Å². The summed E-state index contributed by atoms with van der Waals surface area (Å²) in [6.45, 7) is 0. The highest BCUT2D eigenvalue weighted by Crippen LogP contribution is 2.27. The lowest BCUT2D eigenvalue weighted by Gasteiger charge is -2.26. The number of H-pyrrole nitrogens is 1. The third kappa shape index (κ3) is 3.75. The molecule has 1 aliphatic carbocycles. The summed E-state index contributed by atoms with van der Waals surface area (Å²) in [5.74, 6) is 0.536. The van der Waals surface area contributed by atoms with Gasteiger partial charge in [-0.05, 0) is 37.1 Å². The second-order valence-corrected chi connectivity index (χ2v) is 8.38. The number of hydrogen-bond acceptors (Lipinski definition) is 5. The number of nitrogens with one attached hydrogen (secondary N) is 2. The average molecular weight is 456 g/mol. The maximum absolute atomic E-state index is 13.0. The molecule has 2 N–H and O–H groups in total. The Hall–Kier alpha value is -3.27. The Morgan fingerprint density at radius 2 is 2.03 bits per heavy atom. The topological polar surface area (TPSA) is 78.1 Å². The molecule has 0 spiro atoms. The van der Waals surface area contributed by atoms with Gasteiger partial charge in [-0.25, -0.2) is 23.5 Å². The number of aromatic amines is 1. The second-order valence-electron chi connectivity index (χ2n) is 7.98. The molecule has 1 aliphatic rings. The SMILES string of the molecule is O=C(c1ccnc2[nH]ccc12)[N+](=S)C1CCC(Nc2cccc3nc(C(F)F)cn23)CC1. The van der Waals surface area contributed by atoms with E-state index in [0.717, 1.165) is 36.9 Å². The van der Waals surface area contributed by atoms with Crippen molar-refractivity contribution in [1.29, 1.82) is 0 Å².